The van der Waals surface area contributed by atoms with Crippen LogP contribution in [0.3, 0.4) is 0 Å². The van der Waals surface area contributed by atoms with Crippen molar-refractivity contribution in [3.8, 4) is 0 Å². The van der Waals surface area contributed by atoms with Gasteiger partial charge in [0, 0.05) is 42.3 Å². The maximum atomic E-state index is 12.9. The van der Waals surface area contributed by atoms with Gasteiger partial charge in [0.1, 0.15) is 10.5 Å². The van der Waals surface area contributed by atoms with Crippen molar-refractivity contribution >= 4 is 55.1 Å². The predicted molar refractivity (Wildman–Crippen MR) is 117 cm³/mol. The van der Waals surface area contributed by atoms with Crippen molar-refractivity contribution in [2.45, 2.75) is 11.8 Å². The molecule has 1 amide bonds. The third-order valence-corrected chi connectivity index (χ3v) is 6.32. The number of carbonyl (C=O) groups is 1. The number of amides is 1. The number of carbonyl (C=O) groups excluding carboxylic acids is 1. The van der Waals surface area contributed by atoms with Crippen LogP contribution in [0.1, 0.15) is 16.2 Å². The van der Waals surface area contributed by atoms with Crippen LogP contribution in [0, 0.1) is 6.92 Å². The minimum absolute atomic E-state index is 0.105. The number of sulfonamides is 1. The van der Waals surface area contributed by atoms with Gasteiger partial charge in [-0.05, 0) is 37.3 Å². The molecule has 9 heteroatoms. The molecule has 2 heterocycles. The van der Waals surface area contributed by atoms with Crippen LogP contribution in [0.25, 0.3) is 21.9 Å². The highest BCUT2D eigenvalue weighted by Gasteiger charge is 2.24. The van der Waals surface area contributed by atoms with Gasteiger partial charge in [0.25, 0.3) is 10.0 Å². The summed E-state index contributed by atoms with van der Waals surface area (Å²) in [5, 5.41) is 1.56. The normalized spacial score (nSPS) is 11.7. The molecule has 0 atom stereocenters. The van der Waals surface area contributed by atoms with Gasteiger partial charge in [0.2, 0.25) is 0 Å². The molecule has 0 aliphatic rings. The number of para-hydroxylation sites is 1. The Morgan fingerprint density at radius 3 is 2.63 bits per heavy atom. The van der Waals surface area contributed by atoms with E-state index in [1.807, 2.05) is 25.1 Å². The van der Waals surface area contributed by atoms with Crippen molar-refractivity contribution < 1.29 is 17.6 Å². The van der Waals surface area contributed by atoms with E-state index in [1.165, 1.54) is 12.1 Å². The molecule has 7 nitrogen and oxygen atoms in total. The molecule has 2 aromatic carbocycles. The van der Waals surface area contributed by atoms with E-state index >= 15 is 0 Å². The van der Waals surface area contributed by atoms with Crippen LogP contribution in [0.2, 0.25) is 5.02 Å². The van der Waals surface area contributed by atoms with Crippen LogP contribution in [0.4, 0.5) is 5.69 Å². The number of nitrogens with zero attached hydrogens (tertiary/aromatic N) is 2. The number of aryl methyl sites for hydroxylation is 1. The highest BCUT2D eigenvalue weighted by atomic mass is 35.5. The molecule has 0 spiro atoms. The molecule has 0 aliphatic heterocycles. The van der Waals surface area contributed by atoms with Crippen LogP contribution in [0.5, 0.6) is 0 Å². The van der Waals surface area contributed by atoms with E-state index in [-0.39, 0.29) is 16.2 Å². The van der Waals surface area contributed by atoms with Gasteiger partial charge < -0.3 is 9.32 Å². The fraction of sp³-hybridized carbons (Fsp3) is 0.143. The zero-order valence-corrected chi connectivity index (χ0v) is 18.0. The predicted octanol–water partition coefficient (Wildman–Crippen LogP) is 4.13. The van der Waals surface area contributed by atoms with Gasteiger partial charge in [0.05, 0.1) is 10.5 Å². The molecular formula is C21H18ClN3O4S. The molecule has 0 unspecified atom stereocenters. The van der Waals surface area contributed by atoms with Crippen molar-refractivity contribution in [2.75, 3.05) is 19.0 Å². The zero-order valence-electron chi connectivity index (χ0n) is 16.4. The number of nitrogens with one attached hydrogen (secondary N) is 1. The second-order valence-electron chi connectivity index (χ2n) is 7.06. The second-order valence-corrected chi connectivity index (χ2v) is 9.12. The van der Waals surface area contributed by atoms with Crippen molar-refractivity contribution in [1.29, 1.82) is 0 Å². The first-order chi connectivity index (χ1) is 14.2. The molecule has 30 heavy (non-hydrogen) atoms. The Hall–Kier alpha value is -3.10. The average Bonchev–Trinajstić information content (AvgIpc) is 3.10. The Morgan fingerprint density at radius 1 is 1.13 bits per heavy atom. The fourth-order valence-corrected chi connectivity index (χ4v) is 4.59. The minimum atomic E-state index is -4.22. The number of fused-ring (bicyclic) bond motifs is 2. The standard InChI is InChI=1S/C21H18ClN3O4S/c1-12-9-16(22)15-5-4-6-19(20(15)23-12)30(27,28)24-21(26)18-10-13-7-8-14(25(2)3)11-17(13)29-18/h4-11H,1-3H3,(H,24,26). The molecule has 0 saturated heterocycles. The smallest absolute Gasteiger partial charge is 0.300 e. The van der Waals surface area contributed by atoms with E-state index in [0.29, 0.717) is 27.1 Å². The van der Waals surface area contributed by atoms with Gasteiger partial charge in [-0.1, -0.05) is 23.7 Å². The van der Waals surface area contributed by atoms with Crippen molar-refractivity contribution in [1.82, 2.24) is 9.71 Å². The molecule has 0 saturated carbocycles. The third kappa shape index (κ3) is 3.59. The Balaban J connectivity index is 1.71. The molecule has 1 N–H and O–H groups in total. The Labute approximate surface area is 178 Å². The second kappa shape index (κ2) is 7.30. The van der Waals surface area contributed by atoms with Crippen LogP contribution < -0.4 is 9.62 Å². The van der Waals surface area contributed by atoms with Gasteiger partial charge in [-0.15, -0.1) is 0 Å². The summed E-state index contributed by atoms with van der Waals surface area (Å²) in [6.07, 6.45) is 0. The summed E-state index contributed by atoms with van der Waals surface area (Å²) in [5.41, 5.74) is 2.14. The number of furan rings is 1. The summed E-state index contributed by atoms with van der Waals surface area (Å²) in [7, 11) is -0.445. The van der Waals surface area contributed by atoms with E-state index in [1.54, 1.807) is 37.3 Å². The van der Waals surface area contributed by atoms with Crippen molar-refractivity contribution in [3.05, 3.63) is 65.0 Å². The quantitative estimate of drug-likeness (QED) is 0.510. The Morgan fingerprint density at radius 2 is 1.90 bits per heavy atom. The zero-order chi connectivity index (χ0) is 21.6. The number of anilines is 1. The molecule has 0 radical (unpaired) electrons. The molecule has 4 aromatic rings. The van der Waals surface area contributed by atoms with Crippen LogP contribution >= 0.6 is 11.6 Å². The van der Waals surface area contributed by atoms with E-state index in [0.717, 1.165) is 5.69 Å². The number of hydrogen-bond donors (Lipinski definition) is 1. The van der Waals surface area contributed by atoms with E-state index in [9.17, 15) is 13.2 Å². The lowest BCUT2D eigenvalue weighted by Gasteiger charge is -2.11. The summed E-state index contributed by atoms with van der Waals surface area (Å²) in [6, 6.07) is 13.2. The summed E-state index contributed by atoms with van der Waals surface area (Å²) in [6.45, 7) is 1.71. The Kier molecular flexibility index (Phi) is 4.91. The number of aromatic nitrogens is 1. The molecular weight excluding hydrogens is 426 g/mol. The lowest BCUT2D eigenvalue weighted by molar-refractivity contribution is 0.0956. The molecule has 4 rings (SSSR count). The van der Waals surface area contributed by atoms with E-state index < -0.39 is 15.9 Å². The lowest BCUT2D eigenvalue weighted by atomic mass is 10.2. The third-order valence-electron chi connectivity index (χ3n) is 4.64. The number of halogens is 1. The summed E-state index contributed by atoms with van der Waals surface area (Å²) < 4.78 is 33.5. The maximum Gasteiger partial charge on any atom is 0.300 e. The van der Waals surface area contributed by atoms with Gasteiger partial charge >= 0.3 is 5.91 Å². The first-order valence-electron chi connectivity index (χ1n) is 8.99. The molecule has 154 valence electrons. The van der Waals surface area contributed by atoms with Crippen molar-refractivity contribution in [2.24, 2.45) is 0 Å². The van der Waals surface area contributed by atoms with Crippen molar-refractivity contribution in [3.63, 3.8) is 0 Å². The monoisotopic (exact) mass is 443 g/mol. The minimum Gasteiger partial charge on any atom is -0.451 e. The summed E-state index contributed by atoms with van der Waals surface area (Å²) in [5.74, 6) is -0.972. The molecule has 2 aromatic heterocycles. The van der Waals surface area contributed by atoms with Gasteiger partial charge in [-0.25, -0.2) is 13.1 Å². The number of rotatable bonds is 4. The SMILES string of the molecule is Cc1cc(Cl)c2cccc(S(=O)(=O)NC(=O)c3cc4ccc(N(C)C)cc4o3)c2n1. The van der Waals surface area contributed by atoms with Crippen LogP contribution in [-0.2, 0) is 10.0 Å². The molecule has 0 bridgehead atoms. The highest BCUT2D eigenvalue weighted by molar-refractivity contribution is 7.90. The van der Waals surface area contributed by atoms with Gasteiger partial charge in [-0.2, -0.15) is 0 Å². The average molecular weight is 444 g/mol. The van der Waals surface area contributed by atoms with Gasteiger partial charge in [-0.3, -0.25) is 9.78 Å². The fourth-order valence-electron chi connectivity index (χ4n) is 3.15. The first kappa shape index (κ1) is 20.2. The molecule has 0 aliphatic carbocycles. The summed E-state index contributed by atoms with van der Waals surface area (Å²) >= 11 is 6.23. The Bertz CT molecular complexity index is 1410. The van der Waals surface area contributed by atoms with E-state index in [2.05, 4.69) is 9.71 Å². The highest BCUT2D eigenvalue weighted by Crippen LogP contribution is 2.28. The molecule has 0 fully saturated rings. The van der Waals surface area contributed by atoms with Crippen LogP contribution in [0.15, 0.2) is 57.8 Å². The van der Waals surface area contributed by atoms with E-state index in [4.69, 9.17) is 16.0 Å². The summed E-state index contributed by atoms with van der Waals surface area (Å²) in [4.78, 5) is 18.7. The topological polar surface area (TPSA) is 92.5 Å². The lowest BCUT2D eigenvalue weighted by Crippen LogP contribution is -2.30. The number of benzene rings is 2. The number of pyridine rings is 1. The number of hydrogen-bond acceptors (Lipinski definition) is 6. The largest absolute Gasteiger partial charge is 0.451 e. The van der Waals surface area contributed by atoms with Gasteiger partial charge in [0.15, 0.2) is 5.76 Å². The van der Waals surface area contributed by atoms with Crippen LogP contribution in [-0.4, -0.2) is 33.4 Å². The first-order valence-corrected chi connectivity index (χ1v) is 10.9. The maximum absolute atomic E-state index is 12.9.